The smallest absolute Gasteiger partial charge is 0.334 e. The number of aryl methyl sites for hydroxylation is 2. The zero-order valence-electron chi connectivity index (χ0n) is 19.5. The van der Waals surface area contributed by atoms with Gasteiger partial charge < -0.3 is 9.57 Å². The summed E-state index contributed by atoms with van der Waals surface area (Å²) in [4.78, 5) is 20.1. The molecule has 0 unspecified atom stereocenters. The number of ether oxygens (including phenoxy) is 1. The average molecular weight is 435 g/mol. The fourth-order valence-corrected chi connectivity index (χ4v) is 4.01. The van der Waals surface area contributed by atoms with Gasteiger partial charge in [-0.05, 0) is 37.3 Å². The minimum absolute atomic E-state index is 0.217. The van der Waals surface area contributed by atoms with E-state index in [9.17, 15) is 4.79 Å². The number of benzene rings is 2. The van der Waals surface area contributed by atoms with Crippen LogP contribution >= 0.6 is 0 Å². The fraction of sp³-hybridized carbons (Fsp3) is 0.407. The van der Waals surface area contributed by atoms with Crippen LogP contribution in [0.15, 0.2) is 65.3 Å². The third kappa shape index (κ3) is 6.07. The Hall–Kier alpha value is -2.92. The summed E-state index contributed by atoms with van der Waals surface area (Å²) in [6.45, 7) is 9.21. The van der Waals surface area contributed by atoms with Crippen molar-refractivity contribution in [3.05, 3.63) is 82.4 Å². The van der Waals surface area contributed by atoms with Gasteiger partial charge in [-0.25, -0.2) is 4.79 Å². The summed E-state index contributed by atoms with van der Waals surface area (Å²) in [5.74, 6) is -0.217. The number of rotatable bonds is 10. The van der Waals surface area contributed by atoms with Crippen LogP contribution in [0.5, 0.6) is 0 Å². The number of hydrogen-bond acceptors (Lipinski definition) is 5. The van der Waals surface area contributed by atoms with Gasteiger partial charge in [0, 0.05) is 36.3 Å². The van der Waals surface area contributed by atoms with Crippen LogP contribution in [0.4, 0.5) is 0 Å². The Kier molecular flexibility index (Phi) is 9.05. The predicted octanol–water partition coefficient (Wildman–Crippen LogP) is 4.78. The Morgan fingerprint density at radius 3 is 2.19 bits per heavy atom. The van der Waals surface area contributed by atoms with Gasteiger partial charge in [-0.2, -0.15) is 0 Å². The van der Waals surface area contributed by atoms with Gasteiger partial charge >= 0.3 is 5.97 Å². The van der Waals surface area contributed by atoms with Crippen LogP contribution < -0.4 is 0 Å². The zero-order chi connectivity index (χ0) is 22.8. The van der Waals surface area contributed by atoms with Crippen LogP contribution in [0, 0.1) is 0 Å². The molecular formula is C27H34N2O3. The molecule has 0 spiro atoms. The summed E-state index contributed by atoms with van der Waals surface area (Å²) >= 11 is 0. The summed E-state index contributed by atoms with van der Waals surface area (Å²) in [5.41, 5.74) is 6.34. The number of esters is 1. The molecule has 0 amide bonds. The Balaban J connectivity index is 1.73. The fourth-order valence-electron chi connectivity index (χ4n) is 4.01. The maximum Gasteiger partial charge on any atom is 0.334 e. The molecule has 0 aromatic heterocycles. The van der Waals surface area contributed by atoms with Crippen LogP contribution in [0.3, 0.4) is 0 Å². The maximum absolute atomic E-state index is 12.0. The number of nitrogens with zero attached hydrogens (tertiary/aromatic N) is 2. The molecule has 0 saturated carbocycles. The summed E-state index contributed by atoms with van der Waals surface area (Å²) in [5, 5.41) is 4.63. The lowest BCUT2D eigenvalue weighted by molar-refractivity contribution is -0.139. The van der Waals surface area contributed by atoms with Crippen LogP contribution in [0.1, 0.15) is 49.4 Å². The number of carbonyl (C=O) groups excluding carboxylic acids is 1. The van der Waals surface area contributed by atoms with E-state index in [0.29, 0.717) is 26.3 Å². The molecule has 0 fully saturated rings. The Morgan fingerprint density at radius 1 is 0.969 bits per heavy atom. The first-order valence-electron chi connectivity index (χ1n) is 11.6. The van der Waals surface area contributed by atoms with Gasteiger partial charge in [0.1, 0.15) is 12.3 Å². The summed E-state index contributed by atoms with van der Waals surface area (Å²) in [6.07, 6.45) is 4.69. The van der Waals surface area contributed by atoms with Crippen LogP contribution in [0.25, 0.3) is 0 Å². The third-order valence-electron chi connectivity index (χ3n) is 5.73. The van der Waals surface area contributed by atoms with Gasteiger partial charge in [-0.1, -0.05) is 73.6 Å². The molecule has 0 bridgehead atoms. The van der Waals surface area contributed by atoms with Gasteiger partial charge in [0.05, 0.1) is 6.61 Å². The van der Waals surface area contributed by atoms with E-state index in [1.807, 2.05) is 13.0 Å². The molecule has 32 heavy (non-hydrogen) atoms. The van der Waals surface area contributed by atoms with Crippen LogP contribution in [0.2, 0.25) is 0 Å². The third-order valence-corrected chi connectivity index (χ3v) is 5.73. The Labute approximate surface area is 191 Å². The molecule has 0 aliphatic carbocycles. The minimum Gasteiger partial charge on any atom is -0.463 e. The van der Waals surface area contributed by atoms with E-state index in [1.165, 1.54) is 11.1 Å². The summed E-state index contributed by atoms with van der Waals surface area (Å²) in [6, 6.07) is 16.8. The molecule has 2 aromatic rings. The van der Waals surface area contributed by atoms with Crippen molar-refractivity contribution in [2.45, 2.75) is 40.0 Å². The molecule has 1 aliphatic heterocycles. The van der Waals surface area contributed by atoms with E-state index >= 15 is 0 Å². The first-order valence-corrected chi connectivity index (χ1v) is 11.6. The van der Waals surface area contributed by atoms with Crippen molar-refractivity contribution in [3.63, 3.8) is 0 Å². The molecule has 1 aliphatic rings. The van der Waals surface area contributed by atoms with Crippen molar-refractivity contribution < 1.29 is 14.4 Å². The van der Waals surface area contributed by atoms with Crippen LogP contribution in [-0.2, 0) is 27.2 Å². The SMILES string of the molecule is CCOC(=O)C1=CCCN(CCON=C(c2ccccc2CC)c2ccccc2CC)C1. The van der Waals surface area contributed by atoms with Gasteiger partial charge in [0.25, 0.3) is 0 Å². The molecular weight excluding hydrogens is 400 g/mol. The van der Waals surface area contributed by atoms with E-state index in [-0.39, 0.29) is 5.97 Å². The summed E-state index contributed by atoms with van der Waals surface area (Å²) < 4.78 is 5.14. The van der Waals surface area contributed by atoms with Crippen molar-refractivity contribution in [3.8, 4) is 0 Å². The standard InChI is InChI=1S/C27H34N2O3/c1-4-21-12-7-9-15-24(21)26(25-16-10-8-13-22(25)5-2)28-32-19-18-29-17-11-14-23(20-29)27(30)31-6-3/h7-10,12-16H,4-6,11,17-20H2,1-3H3. The van der Waals surface area contributed by atoms with E-state index in [2.05, 4.69) is 72.4 Å². The molecule has 5 heteroatoms. The van der Waals surface area contributed by atoms with Crippen molar-refractivity contribution >= 4 is 11.7 Å². The quantitative estimate of drug-likeness (QED) is 0.234. The lowest BCUT2D eigenvalue weighted by atomic mass is 9.92. The normalized spacial score (nSPS) is 13.9. The van der Waals surface area contributed by atoms with Crippen LogP contribution in [-0.4, -0.2) is 49.4 Å². The molecule has 0 saturated heterocycles. The first kappa shape index (κ1) is 23.7. The molecule has 0 radical (unpaired) electrons. The largest absolute Gasteiger partial charge is 0.463 e. The Morgan fingerprint density at radius 2 is 1.59 bits per heavy atom. The summed E-state index contributed by atoms with van der Waals surface area (Å²) in [7, 11) is 0. The lowest BCUT2D eigenvalue weighted by Crippen LogP contribution is -2.35. The molecule has 2 aromatic carbocycles. The topological polar surface area (TPSA) is 51.1 Å². The lowest BCUT2D eigenvalue weighted by Gasteiger charge is -2.25. The van der Waals surface area contributed by atoms with Crippen molar-refractivity contribution in [2.75, 3.05) is 32.8 Å². The number of oxime groups is 1. The number of carbonyl (C=O) groups is 1. The van der Waals surface area contributed by atoms with E-state index < -0.39 is 0 Å². The molecule has 0 N–H and O–H groups in total. The Bertz CT molecular complexity index is 915. The van der Waals surface area contributed by atoms with Gasteiger partial charge in [-0.15, -0.1) is 0 Å². The first-order chi connectivity index (χ1) is 15.7. The van der Waals surface area contributed by atoms with Gasteiger partial charge in [-0.3, -0.25) is 4.90 Å². The van der Waals surface area contributed by atoms with Crippen molar-refractivity contribution in [1.29, 1.82) is 0 Å². The predicted molar refractivity (Wildman–Crippen MR) is 129 cm³/mol. The van der Waals surface area contributed by atoms with E-state index in [0.717, 1.165) is 48.2 Å². The highest BCUT2D eigenvalue weighted by Crippen LogP contribution is 2.20. The second-order valence-electron chi connectivity index (χ2n) is 7.81. The second kappa shape index (κ2) is 12.2. The maximum atomic E-state index is 12.0. The van der Waals surface area contributed by atoms with Crippen molar-refractivity contribution in [2.24, 2.45) is 5.16 Å². The molecule has 5 nitrogen and oxygen atoms in total. The molecule has 0 atom stereocenters. The minimum atomic E-state index is -0.217. The van der Waals surface area contributed by atoms with Gasteiger partial charge in [0.15, 0.2) is 0 Å². The van der Waals surface area contributed by atoms with Crippen molar-refractivity contribution in [1.82, 2.24) is 4.90 Å². The zero-order valence-corrected chi connectivity index (χ0v) is 19.5. The second-order valence-corrected chi connectivity index (χ2v) is 7.81. The molecule has 170 valence electrons. The number of hydrogen-bond donors (Lipinski definition) is 0. The van der Waals surface area contributed by atoms with Gasteiger partial charge in [0.2, 0.25) is 0 Å². The highest BCUT2D eigenvalue weighted by molar-refractivity contribution is 6.14. The molecule has 3 rings (SSSR count). The average Bonchev–Trinajstić information content (AvgIpc) is 2.84. The van der Waals surface area contributed by atoms with E-state index in [1.54, 1.807) is 0 Å². The highest BCUT2D eigenvalue weighted by Gasteiger charge is 2.19. The highest BCUT2D eigenvalue weighted by atomic mass is 16.6. The molecule has 1 heterocycles. The monoisotopic (exact) mass is 434 g/mol. The van der Waals surface area contributed by atoms with E-state index in [4.69, 9.17) is 9.57 Å².